The van der Waals surface area contributed by atoms with E-state index >= 15 is 0 Å². The maximum Gasteiger partial charge on any atom is 0.341 e. The molecule has 1 fully saturated rings. The molecule has 1 saturated carbocycles. The van der Waals surface area contributed by atoms with Crippen LogP contribution in [-0.4, -0.2) is 26.1 Å². The second kappa shape index (κ2) is 8.01. The van der Waals surface area contributed by atoms with Crippen LogP contribution < -0.4 is 10.1 Å². The molecule has 142 valence electrons. The average Bonchev–Trinajstić information content (AvgIpc) is 2.64. The zero-order valence-electron chi connectivity index (χ0n) is 15.4. The number of carbonyl (C=O) groups excluding carboxylic acids is 2. The molecule has 6 heteroatoms. The molecule has 27 heavy (non-hydrogen) atoms. The highest BCUT2D eigenvalue weighted by molar-refractivity contribution is 6.30. The van der Waals surface area contributed by atoms with Crippen molar-refractivity contribution in [3.8, 4) is 5.75 Å². The number of halogens is 1. The molecule has 0 heterocycles. The first-order valence-corrected chi connectivity index (χ1v) is 9.17. The minimum absolute atomic E-state index is 0.0218. The first-order valence-electron chi connectivity index (χ1n) is 8.80. The van der Waals surface area contributed by atoms with Crippen molar-refractivity contribution < 1.29 is 19.1 Å². The van der Waals surface area contributed by atoms with E-state index in [1.54, 1.807) is 18.2 Å². The fourth-order valence-corrected chi connectivity index (χ4v) is 3.64. The van der Waals surface area contributed by atoms with Gasteiger partial charge in [-0.15, -0.1) is 0 Å². The van der Waals surface area contributed by atoms with Gasteiger partial charge in [-0.3, -0.25) is 4.79 Å². The lowest BCUT2D eigenvalue weighted by atomic mass is 9.64. The summed E-state index contributed by atoms with van der Waals surface area (Å²) in [6.45, 7) is 0.315. The lowest BCUT2D eigenvalue weighted by molar-refractivity contribution is -0.130. The van der Waals surface area contributed by atoms with Gasteiger partial charge in [0.25, 0.3) is 0 Å². The molecule has 0 aliphatic heterocycles. The summed E-state index contributed by atoms with van der Waals surface area (Å²) >= 11 is 6.11. The van der Waals surface area contributed by atoms with Crippen molar-refractivity contribution in [1.29, 1.82) is 0 Å². The molecule has 5 nitrogen and oxygen atoms in total. The summed E-state index contributed by atoms with van der Waals surface area (Å²) < 4.78 is 9.99. The Morgan fingerprint density at radius 2 is 1.93 bits per heavy atom. The van der Waals surface area contributed by atoms with Crippen LogP contribution in [0.2, 0.25) is 5.02 Å². The number of benzene rings is 2. The first kappa shape index (κ1) is 19.2. The Morgan fingerprint density at radius 3 is 2.52 bits per heavy atom. The number of hydrogen-bond donors (Lipinski definition) is 1. The third kappa shape index (κ3) is 3.78. The van der Waals surface area contributed by atoms with Gasteiger partial charge in [0.15, 0.2) is 0 Å². The van der Waals surface area contributed by atoms with Crippen LogP contribution in [0.3, 0.4) is 0 Å². The number of nitrogens with one attached hydrogen (secondary N) is 1. The summed E-state index contributed by atoms with van der Waals surface area (Å²) in [5.74, 6) is -0.0628. The van der Waals surface area contributed by atoms with Gasteiger partial charge in [-0.05, 0) is 48.2 Å². The van der Waals surface area contributed by atoms with E-state index in [9.17, 15) is 9.59 Å². The molecule has 1 aliphatic rings. The van der Waals surface area contributed by atoms with Crippen molar-refractivity contribution >= 4 is 23.5 Å². The molecule has 2 aromatic rings. The quantitative estimate of drug-likeness (QED) is 0.764. The number of methoxy groups -OCH3 is 2. The maximum absolute atomic E-state index is 13.0. The number of carbonyl (C=O) groups is 2. The maximum atomic E-state index is 13.0. The van der Waals surface area contributed by atoms with Gasteiger partial charge in [0.05, 0.1) is 19.6 Å². The highest BCUT2D eigenvalue weighted by Crippen LogP contribution is 2.44. The van der Waals surface area contributed by atoms with E-state index in [2.05, 4.69) is 5.32 Å². The predicted octanol–water partition coefficient (Wildman–Crippen LogP) is 3.87. The zero-order valence-corrected chi connectivity index (χ0v) is 16.1. The second-order valence-electron chi connectivity index (χ2n) is 6.65. The van der Waals surface area contributed by atoms with Crippen molar-refractivity contribution in [2.45, 2.75) is 31.2 Å². The van der Waals surface area contributed by atoms with E-state index in [1.807, 2.05) is 24.3 Å². The van der Waals surface area contributed by atoms with Crippen molar-refractivity contribution in [2.75, 3.05) is 14.2 Å². The van der Waals surface area contributed by atoms with Crippen LogP contribution in [0.25, 0.3) is 0 Å². The SMILES string of the molecule is COC(=O)c1cc(CNC(=O)C2(c3cccc(Cl)c3)CCC2)ccc1OC. The van der Waals surface area contributed by atoms with E-state index in [-0.39, 0.29) is 5.91 Å². The Bertz CT molecular complexity index is 861. The number of amides is 1. The minimum atomic E-state index is -0.525. The summed E-state index contributed by atoms with van der Waals surface area (Å²) in [5, 5.41) is 3.64. The Labute approximate surface area is 163 Å². The summed E-state index contributed by atoms with van der Waals surface area (Å²) in [5.41, 5.74) is 1.55. The molecule has 0 aromatic heterocycles. The summed E-state index contributed by atoms with van der Waals surface area (Å²) in [7, 11) is 2.82. The molecule has 0 bridgehead atoms. The van der Waals surface area contributed by atoms with Crippen molar-refractivity contribution in [3.63, 3.8) is 0 Å². The van der Waals surface area contributed by atoms with Crippen LogP contribution in [0.4, 0.5) is 0 Å². The number of rotatable bonds is 6. The van der Waals surface area contributed by atoms with E-state index in [0.29, 0.717) is 22.9 Å². The van der Waals surface area contributed by atoms with E-state index in [1.165, 1.54) is 14.2 Å². The highest BCUT2D eigenvalue weighted by Gasteiger charge is 2.45. The van der Waals surface area contributed by atoms with Crippen molar-refractivity contribution in [1.82, 2.24) is 5.32 Å². The minimum Gasteiger partial charge on any atom is -0.496 e. The van der Waals surface area contributed by atoms with Gasteiger partial charge in [-0.1, -0.05) is 36.2 Å². The van der Waals surface area contributed by atoms with Crippen LogP contribution in [-0.2, 0) is 21.5 Å². The fraction of sp³-hybridized carbons (Fsp3) is 0.333. The molecule has 1 amide bonds. The van der Waals surface area contributed by atoms with Gasteiger partial charge in [0, 0.05) is 11.6 Å². The smallest absolute Gasteiger partial charge is 0.341 e. The lowest BCUT2D eigenvalue weighted by Gasteiger charge is -2.40. The predicted molar refractivity (Wildman–Crippen MR) is 103 cm³/mol. The monoisotopic (exact) mass is 387 g/mol. The summed E-state index contributed by atoms with van der Waals surface area (Å²) in [4.78, 5) is 24.9. The normalized spacial score (nSPS) is 14.8. The fourth-order valence-electron chi connectivity index (χ4n) is 3.45. The van der Waals surface area contributed by atoms with Gasteiger partial charge >= 0.3 is 5.97 Å². The van der Waals surface area contributed by atoms with Crippen LogP contribution >= 0.6 is 11.6 Å². The number of hydrogen-bond acceptors (Lipinski definition) is 4. The van der Waals surface area contributed by atoms with Gasteiger partial charge < -0.3 is 14.8 Å². The Morgan fingerprint density at radius 1 is 1.15 bits per heavy atom. The lowest BCUT2D eigenvalue weighted by Crippen LogP contribution is -2.49. The first-order chi connectivity index (χ1) is 13.0. The third-order valence-corrected chi connectivity index (χ3v) is 5.38. The molecule has 0 saturated heterocycles. The zero-order chi connectivity index (χ0) is 19.4. The van der Waals surface area contributed by atoms with Crippen LogP contribution in [0, 0.1) is 0 Å². The Hall–Kier alpha value is -2.53. The highest BCUT2D eigenvalue weighted by atomic mass is 35.5. The number of ether oxygens (including phenoxy) is 2. The third-order valence-electron chi connectivity index (χ3n) is 5.14. The number of esters is 1. The second-order valence-corrected chi connectivity index (χ2v) is 7.09. The molecule has 0 atom stereocenters. The summed E-state index contributed by atoms with van der Waals surface area (Å²) in [6.07, 6.45) is 2.61. The van der Waals surface area contributed by atoms with E-state index in [0.717, 1.165) is 30.4 Å². The molecule has 1 N–H and O–H groups in total. The topological polar surface area (TPSA) is 64.6 Å². The Kier molecular flexibility index (Phi) is 5.71. The van der Waals surface area contributed by atoms with Crippen LogP contribution in [0.15, 0.2) is 42.5 Å². The molecule has 0 unspecified atom stereocenters. The van der Waals surface area contributed by atoms with Crippen molar-refractivity contribution in [2.24, 2.45) is 0 Å². The van der Waals surface area contributed by atoms with Crippen molar-refractivity contribution in [3.05, 3.63) is 64.2 Å². The van der Waals surface area contributed by atoms with Crippen LogP contribution in [0.1, 0.15) is 40.7 Å². The van der Waals surface area contributed by atoms with Gasteiger partial charge in [0.2, 0.25) is 5.91 Å². The largest absolute Gasteiger partial charge is 0.496 e. The molecule has 1 aliphatic carbocycles. The Balaban J connectivity index is 1.76. The molecule has 2 aromatic carbocycles. The van der Waals surface area contributed by atoms with E-state index in [4.69, 9.17) is 21.1 Å². The molecule has 0 radical (unpaired) electrons. The molecule has 0 spiro atoms. The molecule has 3 rings (SSSR count). The standard InChI is InChI=1S/C21H22ClNO4/c1-26-18-8-7-14(11-17(18)19(24)27-2)13-23-20(25)21(9-4-10-21)15-5-3-6-16(22)12-15/h3,5-8,11-12H,4,9-10,13H2,1-2H3,(H,23,25). The average molecular weight is 388 g/mol. The van der Waals surface area contributed by atoms with Gasteiger partial charge in [0.1, 0.15) is 11.3 Å². The summed E-state index contributed by atoms with van der Waals surface area (Å²) in [6, 6.07) is 12.7. The molecular weight excluding hydrogens is 366 g/mol. The van der Waals surface area contributed by atoms with Gasteiger partial charge in [-0.2, -0.15) is 0 Å². The van der Waals surface area contributed by atoms with Crippen LogP contribution in [0.5, 0.6) is 5.75 Å². The van der Waals surface area contributed by atoms with E-state index < -0.39 is 11.4 Å². The molecular formula is C21H22ClNO4. The van der Waals surface area contributed by atoms with Gasteiger partial charge in [-0.25, -0.2) is 4.79 Å².